The van der Waals surface area contributed by atoms with Crippen LogP contribution in [0.4, 0.5) is 0 Å². The Kier molecular flexibility index (Phi) is 6.84. The second-order valence-electron chi connectivity index (χ2n) is 5.32. The van der Waals surface area contributed by atoms with Crippen LogP contribution in [0.1, 0.15) is 46.0 Å². The Balaban J connectivity index is 2.25. The van der Waals surface area contributed by atoms with E-state index in [0.717, 1.165) is 38.6 Å². The number of carbonyl (C=O) groups excluding carboxylic acids is 1. The first-order valence-corrected chi connectivity index (χ1v) is 7.30. The van der Waals surface area contributed by atoms with E-state index in [1.54, 1.807) is 6.92 Å². The Bertz CT molecular complexity index is 299. The summed E-state index contributed by atoms with van der Waals surface area (Å²) in [7, 11) is 0. The van der Waals surface area contributed by atoms with E-state index in [4.69, 9.17) is 5.11 Å². The number of piperidine rings is 1. The third-order valence-electron chi connectivity index (χ3n) is 3.89. The number of carbonyl (C=O) groups is 2. The van der Waals surface area contributed by atoms with E-state index >= 15 is 0 Å². The van der Waals surface area contributed by atoms with Crippen molar-refractivity contribution in [3.05, 3.63) is 0 Å². The summed E-state index contributed by atoms with van der Waals surface area (Å²) in [5.41, 5.74) is 0. The highest BCUT2D eigenvalue weighted by atomic mass is 16.4. The molecular formula is C14H26N2O3. The highest BCUT2D eigenvalue weighted by Gasteiger charge is 2.29. The number of hydrogen-bond donors (Lipinski definition) is 2. The molecule has 0 saturated carbocycles. The van der Waals surface area contributed by atoms with Crippen LogP contribution in [-0.4, -0.2) is 47.6 Å². The van der Waals surface area contributed by atoms with Crippen molar-refractivity contribution in [1.82, 2.24) is 10.2 Å². The summed E-state index contributed by atoms with van der Waals surface area (Å²) in [6.07, 6.45) is 4.86. The molecule has 1 unspecified atom stereocenters. The van der Waals surface area contributed by atoms with Crippen LogP contribution in [-0.2, 0) is 9.59 Å². The number of rotatable bonds is 7. The summed E-state index contributed by atoms with van der Waals surface area (Å²) in [4.78, 5) is 24.8. The normalized spacial score (nSPS) is 19.1. The van der Waals surface area contributed by atoms with Gasteiger partial charge in [0.1, 0.15) is 6.04 Å². The van der Waals surface area contributed by atoms with Crippen molar-refractivity contribution < 1.29 is 14.7 Å². The fraction of sp³-hybridized carbons (Fsp3) is 0.857. The molecule has 1 fully saturated rings. The van der Waals surface area contributed by atoms with E-state index in [-0.39, 0.29) is 11.8 Å². The Morgan fingerprint density at radius 2 is 1.95 bits per heavy atom. The summed E-state index contributed by atoms with van der Waals surface area (Å²) in [5, 5.41) is 11.9. The van der Waals surface area contributed by atoms with Crippen LogP contribution in [0.25, 0.3) is 0 Å². The monoisotopic (exact) mass is 270 g/mol. The zero-order valence-corrected chi connectivity index (χ0v) is 12.0. The van der Waals surface area contributed by atoms with Gasteiger partial charge in [-0.3, -0.25) is 14.5 Å². The highest BCUT2D eigenvalue weighted by molar-refractivity contribution is 5.78. The molecule has 0 aromatic heterocycles. The summed E-state index contributed by atoms with van der Waals surface area (Å²) >= 11 is 0. The molecule has 1 aliphatic heterocycles. The lowest BCUT2D eigenvalue weighted by molar-refractivity contribution is -0.143. The number of carboxylic acids is 1. The average molecular weight is 270 g/mol. The molecule has 5 nitrogen and oxygen atoms in total. The highest BCUT2D eigenvalue weighted by Crippen LogP contribution is 2.19. The van der Waals surface area contributed by atoms with E-state index in [0.29, 0.717) is 13.1 Å². The molecule has 0 aromatic carbocycles. The van der Waals surface area contributed by atoms with Crippen molar-refractivity contribution in [3.8, 4) is 0 Å². The van der Waals surface area contributed by atoms with Gasteiger partial charge in [-0.25, -0.2) is 0 Å². The number of unbranched alkanes of at least 4 members (excludes halogenated alkanes) is 2. The molecule has 2 N–H and O–H groups in total. The van der Waals surface area contributed by atoms with Gasteiger partial charge < -0.3 is 10.4 Å². The van der Waals surface area contributed by atoms with Crippen LogP contribution in [0.15, 0.2) is 0 Å². The second kappa shape index (κ2) is 8.15. The maximum atomic E-state index is 11.9. The summed E-state index contributed by atoms with van der Waals surface area (Å²) < 4.78 is 0. The molecule has 0 spiro atoms. The Hall–Kier alpha value is -1.10. The molecule has 1 saturated heterocycles. The van der Waals surface area contributed by atoms with Gasteiger partial charge in [0, 0.05) is 12.5 Å². The fourth-order valence-corrected chi connectivity index (χ4v) is 2.44. The SMILES string of the molecule is CCCCCNC(=O)C1CCN(C(C)C(=O)O)CC1. The van der Waals surface area contributed by atoms with Gasteiger partial charge in [-0.15, -0.1) is 0 Å². The van der Waals surface area contributed by atoms with Gasteiger partial charge in [0.25, 0.3) is 0 Å². The predicted octanol–water partition coefficient (Wildman–Crippen LogP) is 1.48. The molecule has 110 valence electrons. The molecule has 0 radical (unpaired) electrons. The lowest BCUT2D eigenvalue weighted by Crippen LogP contribution is -2.46. The van der Waals surface area contributed by atoms with Crippen molar-refractivity contribution in [3.63, 3.8) is 0 Å². The number of nitrogens with one attached hydrogen (secondary N) is 1. The Morgan fingerprint density at radius 3 is 2.47 bits per heavy atom. The molecule has 0 aliphatic carbocycles. The van der Waals surface area contributed by atoms with Gasteiger partial charge in [0.15, 0.2) is 0 Å². The second-order valence-corrected chi connectivity index (χ2v) is 5.32. The van der Waals surface area contributed by atoms with Crippen LogP contribution in [0.3, 0.4) is 0 Å². The third kappa shape index (κ3) is 5.19. The van der Waals surface area contributed by atoms with Gasteiger partial charge in [-0.2, -0.15) is 0 Å². The zero-order chi connectivity index (χ0) is 14.3. The number of amides is 1. The van der Waals surface area contributed by atoms with E-state index in [1.807, 2.05) is 4.90 Å². The third-order valence-corrected chi connectivity index (χ3v) is 3.89. The molecule has 1 heterocycles. The first-order valence-electron chi connectivity index (χ1n) is 7.30. The van der Waals surface area contributed by atoms with Crippen LogP contribution >= 0.6 is 0 Å². The van der Waals surface area contributed by atoms with Gasteiger partial charge in [-0.05, 0) is 39.3 Å². The van der Waals surface area contributed by atoms with Crippen molar-refractivity contribution in [2.45, 2.75) is 52.0 Å². The van der Waals surface area contributed by atoms with E-state index in [9.17, 15) is 9.59 Å². The molecule has 1 rings (SSSR count). The smallest absolute Gasteiger partial charge is 0.320 e. The summed E-state index contributed by atoms with van der Waals surface area (Å²) in [5.74, 6) is -0.597. The quantitative estimate of drug-likeness (QED) is 0.687. The van der Waals surface area contributed by atoms with Crippen molar-refractivity contribution >= 4 is 11.9 Å². The van der Waals surface area contributed by atoms with E-state index < -0.39 is 12.0 Å². The van der Waals surface area contributed by atoms with Crippen molar-refractivity contribution in [1.29, 1.82) is 0 Å². The number of nitrogens with zero attached hydrogens (tertiary/aromatic N) is 1. The topological polar surface area (TPSA) is 69.6 Å². The molecule has 19 heavy (non-hydrogen) atoms. The molecule has 1 amide bonds. The van der Waals surface area contributed by atoms with Gasteiger partial charge in [-0.1, -0.05) is 19.8 Å². The summed E-state index contributed by atoms with van der Waals surface area (Å²) in [6, 6.07) is -0.450. The Labute approximate surface area is 115 Å². The maximum absolute atomic E-state index is 11.9. The molecule has 1 atom stereocenters. The molecule has 1 aliphatic rings. The largest absolute Gasteiger partial charge is 0.480 e. The van der Waals surface area contributed by atoms with Crippen LogP contribution < -0.4 is 5.32 Å². The minimum absolute atomic E-state index is 0.0545. The predicted molar refractivity (Wildman–Crippen MR) is 73.9 cm³/mol. The van der Waals surface area contributed by atoms with E-state index in [2.05, 4.69) is 12.2 Å². The number of carboxylic acid groups (broad SMARTS) is 1. The first-order chi connectivity index (χ1) is 9.06. The maximum Gasteiger partial charge on any atom is 0.320 e. The standard InChI is InChI=1S/C14H26N2O3/c1-3-4-5-8-15-13(17)12-6-9-16(10-7-12)11(2)14(18)19/h11-12H,3-10H2,1-2H3,(H,15,17)(H,18,19). The molecular weight excluding hydrogens is 244 g/mol. The van der Waals surface area contributed by atoms with Crippen LogP contribution in [0.2, 0.25) is 0 Å². The lowest BCUT2D eigenvalue weighted by Gasteiger charge is -2.33. The summed E-state index contributed by atoms with van der Waals surface area (Å²) in [6.45, 7) is 5.99. The van der Waals surface area contributed by atoms with Gasteiger partial charge >= 0.3 is 5.97 Å². The van der Waals surface area contributed by atoms with Crippen LogP contribution in [0, 0.1) is 5.92 Å². The average Bonchev–Trinajstić information content (AvgIpc) is 2.42. The number of likely N-dealkylation sites (tertiary alicyclic amines) is 1. The first kappa shape index (κ1) is 16.0. The Morgan fingerprint density at radius 1 is 1.32 bits per heavy atom. The van der Waals surface area contributed by atoms with E-state index in [1.165, 1.54) is 0 Å². The van der Waals surface area contributed by atoms with Gasteiger partial charge in [0.05, 0.1) is 0 Å². The molecule has 0 bridgehead atoms. The minimum atomic E-state index is -0.789. The minimum Gasteiger partial charge on any atom is -0.480 e. The number of aliphatic carboxylic acids is 1. The lowest BCUT2D eigenvalue weighted by atomic mass is 9.95. The van der Waals surface area contributed by atoms with Crippen molar-refractivity contribution in [2.24, 2.45) is 5.92 Å². The molecule has 5 heteroatoms. The van der Waals surface area contributed by atoms with Gasteiger partial charge in [0.2, 0.25) is 5.91 Å². The zero-order valence-electron chi connectivity index (χ0n) is 12.0. The number of hydrogen-bond acceptors (Lipinski definition) is 3. The van der Waals surface area contributed by atoms with Crippen molar-refractivity contribution in [2.75, 3.05) is 19.6 Å². The molecule has 0 aromatic rings. The van der Waals surface area contributed by atoms with Crippen LogP contribution in [0.5, 0.6) is 0 Å². The fourth-order valence-electron chi connectivity index (χ4n) is 2.44.